The number of esters is 1. The van der Waals surface area contributed by atoms with E-state index < -0.39 is 0 Å². The van der Waals surface area contributed by atoms with Gasteiger partial charge in [-0.15, -0.1) is 0 Å². The Kier molecular flexibility index (Phi) is 4.53. The SMILES string of the molecule is COC(=O)c1cccc(CCCS)c1. The van der Waals surface area contributed by atoms with E-state index in [1.807, 2.05) is 18.2 Å². The summed E-state index contributed by atoms with van der Waals surface area (Å²) in [4.78, 5) is 11.2. The second-order valence-corrected chi connectivity index (χ2v) is 3.47. The van der Waals surface area contributed by atoms with Crippen LogP contribution in [0.4, 0.5) is 0 Å². The van der Waals surface area contributed by atoms with E-state index in [9.17, 15) is 4.79 Å². The lowest BCUT2D eigenvalue weighted by Crippen LogP contribution is -2.01. The molecule has 2 nitrogen and oxygen atoms in total. The lowest BCUT2D eigenvalue weighted by molar-refractivity contribution is 0.0600. The van der Waals surface area contributed by atoms with Crippen LogP contribution in [0.3, 0.4) is 0 Å². The fourth-order valence-corrected chi connectivity index (χ4v) is 1.41. The minimum Gasteiger partial charge on any atom is -0.465 e. The molecule has 0 aliphatic rings. The molecule has 0 saturated carbocycles. The zero-order valence-electron chi connectivity index (χ0n) is 8.19. The molecule has 14 heavy (non-hydrogen) atoms. The summed E-state index contributed by atoms with van der Waals surface area (Å²) in [6.45, 7) is 0. The maximum Gasteiger partial charge on any atom is 0.337 e. The van der Waals surface area contributed by atoms with Crippen molar-refractivity contribution in [1.29, 1.82) is 0 Å². The molecule has 3 heteroatoms. The van der Waals surface area contributed by atoms with E-state index in [1.54, 1.807) is 6.07 Å². The van der Waals surface area contributed by atoms with E-state index in [2.05, 4.69) is 17.4 Å². The van der Waals surface area contributed by atoms with Gasteiger partial charge in [0.25, 0.3) is 0 Å². The lowest BCUT2D eigenvalue weighted by atomic mass is 10.1. The molecule has 0 saturated heterocycles. The number of benzene rings is 1. The maximum absolute atomic E-state index is 11.2. The van der Waals surface area contributed by atoms with Crippen molar-refractivity contribution in [2.45, 2.75) is 12.8 Å². The Morgan fingerprint density at radius 1 is 1.50 bits per heavy atom. The summed E-state index contributed by atoms with van der Waals surface area (Å²) in [5.41, 5.74) is 1.77. The predicted molar refractivity (Wildman–Crippen MR) is 60.0 cm³/mol. The number of thiol groups is 1. The predicted octanol–water partition coefficient (Wildman–Crippen LogP) is 2.34. The van der Waals surface area contributed by atoms with Gasteiger partial charge in [-0.2, -0.15) is 12.6 Å². The molecule has 0 radical (unpaired) electrons. The number of aryl methyl sites for hydroxylation is 1. The molecular weight excluding hydrogens is 196 g/mol. The monoisotopic (exact) mass is 210 g/mol. The minimum absolute atomic E-state index is 0.280. The number of hydrogen-bond acceptors (Lipinski definition) is 3. The lowest BCUT2D eigenvalue weighted by Gasteiger charge is -2.02. The van der Waals surface area contributed by atoms with Crippen LogP contribution in [0.5, 0.6) is 0 Å². The average Bonchev–Trinajstić information content (AvgIpc) is 2.25. The first-order chi connectivity index (χ1) is 6.77. The van der Waals surface area contributed by atoms with Crippen molar-refractivity contribution in [3.05, 3.63) is 35.4 Å². The highest BCUT2D eigenvalue weighted by molar-refractivity contribution is 7.80. The Hall–Kier alpha value is -0.960. The molecule has 1 aromatic carbocycles. The third kappa shape index (κ3) is 3.07. The van der Waals surface area contributed by atoms with Gasteiger partial charge >= 0.3 is 5.97 Å². The van der Waals surface area contributed by atoms with E-state index in [-0.39, 0.29) is 5.97 Å². The second kappa shape index (κ2) is 5.70. The number of carbonyl (C=O) groups excluding carboxylic acids is 1. The Bertz CT molecular complexity index is 310. The van der Waals surface area contributed by atoms with Crippen LogP contribution in [-0.4, -0.2) is 18.8 Å². The first-order valence-corrected chi connectivity index (χ1v) is 5.19. The Balaban J connectivity index is 2.73. The summed E-state index contributed by atoms with van der Waals surface area (Å²) < 4.78 is 4.64. The smallest absolute Gasteiger partial charge is 0.337 e. The number of rotatable bonds is 4. The molecule has 0 bridgehead atoms. The number of ether oxygens (including phenoxy) is 1. The van der Waals surface area contributed by atoms with Crippen molar-refractivity contribution in [3.63, 3.8) is 0 Å². The van der Waals surface area contributed by atoms with Crippen molar-refractivity contribution in [1.82, 2.24) is 0 Å². The van der Waals surface area contributed by atoms with E-state index in [0.717, 1.165) is 24.2 Å². The molecule has 0 spiro atoms. The molecule has 0 N–H and O–H groups in total. The van der Waals surface area contributed by atoms with E-state index in [0.29, 0.717) is 5.56 Å². The molecule has 0 atom stereocenters. The molecule has 0 amide bonds. The summed E-state index contributed by atoms with van der Waals surface area (Å²) in [7, 11) is 1.39. The van der Waals surface area contributed by atoms with Crippen LogP contribution in [-0.2, 0) is 11.2 Å². The van der Waals surface area contributed by atoms with Gasteiger partial charge in [0.1, 0.15) is 0 Å². The van der Waals surface area contributed by atoms with Crippen LogP contribution in [0, 0.1) is 0 Å². The van der Waals surface area contributed by atoms with Gasteiger partial charge < -0.3 is 4.74 Å². The summed E-state index contributed by atoms with van der Waals surface area (Å²) in [5, 5.41) is 0. The minimum atomic E-state index is -0.280. The quantitative estimate of drug-likeness (QED) is 0.610. The molecule has 0 fully saturated rings. The number of carbonyl (C=O) groups is 1. The number of methoxy groups -OCH3 is 1. The van der Waals surface area contributed by atoms with E-state index >= 15 is 0 Å². The van der Waals surface area contributed by atoms with Crippen molar-refractivity contribution in [2.24, 2.45) is 0 Å². The second-order valence-electron chi connectivity index (χ2n) is 3.02. The fourth-order valence-electron chi connectivity index (χ4n) is 1.25. The van der Waals surface area contributed by atoms with Crippen LogP contribution in [0.15, 0.2) is 24.3 Å². The fraction of sp³-hybridized carbons (Fsp3) is 0.364. The molecule has 76 valence electrons. The molecule has 0 heterocycles. The van der Waals surface area contributed by atoms with Crippen LogP contribution >= 0.6 is 12.6 Å². The van der Waals surface area contributed by atoms with E-state index in [1.165, 1.54) is 7.11 Å². The third-order valence-electron chi connectivity index (χ3n) is 1.97. The zero-order valence-corrected chi connectivity index (χ0v) is 9.09. The first kappa shape index (κ1) is 11.1. The highest BCUT2D eigenvalue weighted by atomic mass is 32.1. The largest absolute Gasteiger partial charge is 0.465 e. The van der Waals surface area contributed by atoms with Crippen molar-refractivity contribution in [2.75, 3.05) is 12.9 Å². The van der Waals surface area contributed by atoms with Crippen molar-refractivity contribution >= 4 is 18.6 Å². The molecule has 0 aliphatic heterocycles. The third-order valence-corrected chi connectivity index (χ3v) is 2.29. The molecule has 1 aromatic rings. The van der Waals surface area contributed by atoms with Crippen LogP contribution < -0.4 is 0 Å². The highest BCUT2D eigenvalue weighted by Crippen LogP contribution is 2.08. The Labute approximate surface area is 89.7 Å². The molecule has 0 aliphatic carbocycles. The highest BCUT2D eigenvalue weighted by Gasteiger charge is 2.04. The van der Waals surface area contributed by atoms with Gasteiger partial charge in [0, 0.05) is 0 Å². The summed E-state index contributed by atoms with van der Waals surface area (Å²) in [6.07, 6.45) is 1.97. The first-order valence-electron chi connectivity index (χ1n) is 4.56. The molecule has 0 unspecified atom stereocenters. The summed E-state index contributed by atoms with van der Waals surface area (Å²) >= 11 is 4.14. The molecular formula is C11H14O2S. The average molecular weight is 210 g/mol. The normalized spacial score (nSPS) is 9.86. The summed E-state index contributed by atoms with van der Waals surface area (Å²) in [6, 6.07) is 7.52. The standard InChI is InChI=1S/C11H14O2S/c1-13-11(12)10-6-2-4-9(8-10)5-3-7-14/h2,4,6,8,14H,3,5,7H2,1H3. The van der Waals surface area contributed by atoms with Crippen LogP contribution in [0.1, 0.15) is 22.3 Å². The van der Waals surface area contributed by atoms with Gasteiger partial charge in [-0.05, 0) is 36.3 Å². The van der Waals surface area contributed by atoms with Gasteiger partial charge in [0.05, 0.1) is 12.7 Å². The zero-order chi connectivity index (χ0) is 10.4. The summed E-state index contributed by atoms with van der Waals surface area (Å²) in [5.74, 6) is 0.584. The van der Waals surface area contributed by atoms with Gasteiger partial charge in [-0.25, -0.2) is 4.79 Å². The van der Waals surface area contributed by atoms with Gasteiger partial charge in [0.2, 0.25) is 0 Å². The van der Waals surface area contributed by atoms with Crippen molar-refractivity contribution < 1.29 is 9.53 Å². The molecule has 1 rings (SSSR count). The number of hydrogen-bond donors (Lipinski definition) is 1. The maximum atomic E-state index is 11.2. The van der Waals surface area contributed by atoms with Crippen LogP contribution in [0.25, 0.3) is 0 Å². The van der Waals surface area contributed by atoms with Gasteiger partial charge in [-0.1, -0.05) is 12.1 Å². The Morgan fingerprint density at radius 3 is 2.93 bits per heavy atom. The molecule has 0 aromatic heterocycles. The van der Waals surface area contributed by atoms with Crippen LogP contribution in [0.2, 0.25) is 0 Å². The van der Waals surface area contributed by atoms with E-state index in [4.69, 9.17) is 0 Å². The Morgan fingerprint density at radius 2 is 2.29 bits per heavy atom. The topological polar surface area (TPSA) is 26.3 Å². The van der Waals surface area contributed by atoms with Gasteiger partial charge in [0.15, 0.2) is 0 Å². The van der Waals surface area contributed by atoms with Crippen molar-refractivity contribution in [3.8, 4) is 0 Å². The van der Waals surface area contributed by atoms with Gasteiger partial charge in [-0.3, -0.25) is 0 Å².